The second-order valence-electron chi connectivity index (χ2n) is 7.07. The van der Waals surface area contributed by atoms with Gasteiger partial charge in [-0.05, 0) is 30.0 Å². The molecule has 0 radical (unpaired) electrons. The number of hydrogen-bond donors (Lipinski definition) is 0. The minimum Gasteiger partial charge on any atom is -0.497 e. The minimum atomic E-state index is -4.78. The number of ether oxygens (including phenoxy) is 1. The molecule has 1 aliphatic heterocycles. The van der Waals surface area contributed by atoms with Gasteiger partial charge in [0.05, 0.1) is 13.7 Å². The lowest BCUT2D eigenvalue weighted by Gasteiger charge is -2.17. The van der Waals surface area contributed by atoms with Crippen LogP contribution < -0.4 is 15.2 Å². The average Bonchev–Trinajstić information content (AvgIpc) is 2.87. The maximum absolute atomic E-state index is 13.2. The van der Waals surface area contributed by atoms with E-state index < -0.39 is 29.4 Å². The molecule has 0 N–H and O–H groups in total. The SMILES string of the molecule is COc1ccc(CN2C(=O)C(CC(C)C)n3c2nc(C(F)(F)F)cc3=O)cc1. The number of halogens is 3. The summed E-state index contributed by atoms with van der Waals surface area (Å²) >= 11 is 0. The van der Waals surface area contributed by atoms with Gasteiger partial charge in [-0.15, -0.1) is 0 Å². The van der Waals surface area contributed by atoms with Gasteiger partial charge in [-0.1, -0.05) is 26.0 Å². The van der Waals surface area contributed by atoms with Crippen LogP contribution >= 0.6 is 0 Å². The molecule has 2 aromatic rings. The zero-order valence-electron chi connectivity index (χ0n) is 15.7. The molecule has 1 amide bonds. The highest BCUT2D eigenvalue weighted by molar-refractivity contribution is 5.98. The van der Waals surface area contributed by atoms with Crippen LogP contribution in [0.2, 0.25) is 0 Å². The van der Waals surface area contributed by atoms with Crippen molar-refractivity contribution < 1.29 is 22.7 Å². The van der Waals surface area contributed by atoms with Gasteiger partial charge < -0.3 is 4.74 Å². The van der Waals surface area contributed by atoms with Gasteiger partial charge in [-0.3, -0.25) is 19.1 Å². The summed E-state index contributed by atoms with van der Waals surface area (Å²) in [6, 6.07) is 6.37. The van der Waals surface area contributed by atoms with Crippen molar-refractivity contribution in [1.82, 2.24) is 9.55 Å². The fraction of sp³-hybridized carbons (Fsp3) is 0.421. The van der Waals surface area contributed by atoms with Crippen molar-refractivity contribution in [2.24, 2.45) is 5.92 Å². The Morgan fingerprint density at radius 1 is 1.18 bits per heavy atom. The number of hydrogen-bond acceptors (Lipinski definition) is 4. The third-order valence-corrected chi connectivity index (χ3v) is 4.52. The quantitative estimate of drug-likeness (QED) is 0.778. The number of nitrogens with zero attached hydrogens (tertiary/aromatic N) is 3. The highest BCUT2D eigenvalue weighted by Crippen LogP contribution is 2.35. The molecule has 0 aliphatic carbocycles. The largest absolute Gasteiger partial charge is 0.497 e. The summed E-state index contributed by atoms with van der Waals surface area (Å²) in [6.07, 6.45) is -4.45. The first kappa shape index (κ1) is 19.9. The smallest absolute Gasteiger partial charge is 0.433 e. The van der Waals surface area contributed by atoms with Crippen LogP contribution in [0.4, 0.5) is 19.1 Å². The molecule has 0 fully saturated rings. The highest BCUT2D eigenvalue weighted by Gasteiger charge is 2.42. The van der Waals surface area contributed by atoms with Gasteiger partial charge in [0.25, 0.3) is 11.5 Å². The average molecular weight is 395 g/mol. The summed E-state index contributed by atoms with van der Waals surface area (Å²) in [6.45, 7) is 3.76. The molecule has 28 heavy (non-hydrogen) atoms. The molecule has 0 bridgehead atoms. The molecule has 1 unspecified atom stereocenters. The standard InChI is InChI=1S/C19H20F3N3O3/c1-11(2)8-14-17(27)24(10-12-4-6-13(28-3)7-5-12)18-23-15(19(20,21)22)9-16(26)25(14)18/h4-7,9,11,14H,8,10H2,1-3H3. The second kappa shape index (κ2) is 7.29. The number of fused-ring (bicyclic) bond motifs is 1. The molecule has 150 valence electrons. The Kier molecular flexibility index (Phi) is 5.18. The van der Waals surface area contributed by atoms with E-state index in [2.05, 4.69) is 4.98 Å². The number of alkyl halides is 3. The van der Waals surface area contributed by atoms with Gasteiger partial charge in [0.15, 0.2) is 5.69 Å². The molecular weight excluding hydrogens is 375 g/mol. The topological polar surface area (TPSA) is 64.4 Å². The van der Waals surface area contributed by atoms with Crippen LogP contribution in [0.25, 0.3) is 0 Å². The van der Waals surface area contributed by atoms with Crippen molar-refractivity contribution >= 4 is 11.9 Å². The molecule has 1 aromatic heterocycles. The normalized spacial score (nSPS) is 16.6. The van der Waals surface area contributed by atoms with E-state index in [9.17, 15) is 22.8 Å². The first-order chi connectivity index (χ1) is 13.1. The third-order valence-electron chi connectivity index (χ3n) is 4.52. The van der Waals surface area contributed by atoms with E-state index >= 15 is 0 Å². The fourth-order valence-corrected chi connectivity index (χ4v) is 3.21. The van der Waals surface area contributed by atoms with Crippen LogP contribution in [0.5, 0.6) is 5.75 Å². The Hall–Kier alpha value is -2.84. The van der Waals surface area contributed by atoms with E-state index in [0.717, 1.165) is 9.47 Å². The minimum absolute atomic E-state index is 0.00513. The number of aromatic nitrogens is 2. The molecule has 2 heterocycles. The summed E-state index contributed by atoms with van der Waals surface area (Å²) in [7, 11) is 1.51. The van der Waals surface area contributed by atoms with E-state index in [-0.39, 0.29) is 18.4 Å². The molecule has 1 aliphatic rings. The van der Waals surface area contributed by atoms with Crippen LogP contribution in [0.15, 0.2) is 35.1 Å². The van der Waals surface area contributed by atoms with Gasteiger partial charge in [-0.25, -0.2) is 4.98 Å². The van der Waals surface area contributed by atoms with E-state index in [1.54, 1.807) is 24.3 Å². The number of benzene rings is 1. The summed E-state index contributed by atoms with van der Waals surface area (Å²) in [4.78, 5) is 30.2. The monoisotopic (exact) mass is 395 g/mol. The molecular formula is C19H20F3N3O3. The van der Waals surface area contributed by atoms with Gasteiger partial charge in [0, 0.05) is 6.07 Å². The number of amides is 1. The number of rotatable bonds is 5. The lowest BCUT2D eigenvalue weighted by molar-refractivity contribution is -0.141. The molecule has 1 aromatic carbocycles. The maximum atomic E-state index is 13.2. The molecule has 0 saturated heterocycles. The predicted molar refractivity (Wildman–Crippen MR) is 96.2 cm³/mol. The summed E-state index contributed by atoms with van der Waals surface area (Å²) in [5.74, 6) is -0.0278. The number of methoxy groups -OCH3 is 1. The summed E-state index contributed by atoms with van der Waals surface area (Å²) in [5.41, 5.74) is -1.51. The van der Waals surface area contributed by atoms with Crippen molar-refractivity contribution in [2.75, 3.05) is 12.0 Å². The molecule has 1 atom stereocenters. The van der Waals surface area contributed by atoms with Gasteiger partial charge >= 0.3 is 6.18 Å². The molecule has 0 saturated carbocycles. The number of anilines is 1. The zero-order valence-corrected chi connectivity index (χ0v) is 15.7. The van der Waals surface area contributed by atoms with Gasteiger partial charge in [0.2, 0.25) is 5.95 Å². The first-order valence-electron chi connectivity index (χ1n) is 8.77. The predicted octanol–water partition coefficient (Wildman–Crippen LogP) is 3.40. The van der Waals surface area contributed by atoms with Crippen molar-refractivity contribution in [2.45, 2.75) is 39.0 Å². The maximum Gasteiger partial charge on any atom is 0.433 e. The Labute approximate surface area is 159 Å². The molecule has 3 rings (SSSR count). The summed E-state index contributed by atoms with van der Waals surface area (Å²) < 4.78 is 45.6. The van der Waals surface area contributed by atoms with Gasteiger partial charge in [0.1, 0.15) is 11.8 Å². The van der Waals surface area contributed by atoms with E-state index in [0.29, 0.717) is 23.8 Å². The number of carbonyl (C=O) groups excluding carboxylic acids is 1. The Morgan fingerprint density at radius 3 is 2.36 bits per heavy atom. The van der Waals surface area contributed by atoms with Crippen molar-refractivity contribution in [3.8, 4) is 5.75 Å². The Balaban J connectivity index is 2.07. The van der Waals surface area contributed by atoms with Crippen molar-refractivity contribution in [3.05, 3.63) is 51.9 Å². The molecule has 9 heteroatoms. The van der Waals surface area contributed by atoms with Crippen LogP contribution in [0, 0.1) is 5.92 Å². The second-order valence-corrected chi connectivity index (χ2v) is 7.07. The van der Waals surface area contributed by atoms with Crippen LogP contribution in [-0.4, -0.2) is 22.6 Å². The molecule has 6 nitrogen and oxygen atoms in total. The third kappa shape index (κ3) is 3.74. The van der Waals surface area contributed by atoms with E-state index in [4.69, 9.17) is 4.74 Å². The highest BCUT2D eigenvalue weighted by atomic mass is 19.4. The van der Waals surface area contributed by atoms with Gasteiger partial charge in [-0.2, -0.15) is 13.2 Å². The Bertz CT molecular complexity index is 936. The zero-order chi connectivity index (χ0) is 20.6. The van der Waals surface area contributed by atoms with Crippen molar-refractivity contribution in [3.63, 3.8) is 0 Å². The van der Waals surface area contributed by atoms with E-state index in [1.807, 2.05) is 13.8 Å². The lowest BCUT2D eigenvalue weighted by atomic mass is 10.0. The molecule has 0 spiro atoms. The lowest BCUT2D eigenvalue weighted by Crippen LogP contribution is -2.29. The van der Waals surface area contributed by atoms with E-state index in [1.165, 1.54) is 7.11 Å². The van der Waals surface area contributed by atoms with Crippen molar-refractivity contribution in [1.29, 1.82) is 0 Å². The van der Waals surface area contributed by atoms with Crippen LogP contribution in [-0.2, 0) is 17.5 Å². The summed E-state index contributed by atoms with van der Waals surface area (Å²) in [5, 5.41) is 0. The first-order valence-corrected chi connectivity index (χ1v) is 8.77. The number of carbonyl (C=O) groups is 1. The van der Waals surface area contributed by atoms with Crippen LogP contribution in [0.1, 0.15) is 37.6 Å². The fourth-order valence-electron chi connectivity index (χ4n) is 3.21. The van der Waals surface area contributed by atoms with Crippen LogP contribution in [0.3, 0.4) is 0 Å². The Morgan fingerprint density at radius 2 is 1.82 bits per heavy atom.